The average Bonchev–Trinajstić information content (AvgIpc) is 3.14. The minimum absolute atomic E-state index is 0.0954. The van der Waals surface area contributed by atoms with Crippen molar-refractivity contribution >= 4 is 25.7 Å². The molecule has 0 aromatic heterocycles. The number of carboxylic acid groups (broad SMARTS) is 1. The second kappa shape index (κ2) is 36.6. The molecule has 0 rings (SSSR count). The number of carbonyl (C=O) groups is 3. The Kier molecular flexibility index (Phi) is 34.4. The molecule has 0 aliphatic carbocycles. The number of rotatable bonds is 35. The van der Waals surface area contributed by atoms with E-state index in [1.807, 2.05) is 0 Å². The molecule has 0 aromatic carbocycles. The minimum atomic E-state index is -4.74. The van der Waals surface area contributed by atoms with Gasteiger partial charge in [0.1, 0.15) is 12.6 Å². The zero-order valence-electron chi connectivity index (χ0n) is 32.8. The van der Waals surface area contributed by atoms with Crippen molar-refractivity contribution in [1.82, 2.24) is 0 Å². The van der Waals surface area contributed by atoms with Crippen LogP contribution in [0.3, 0.4) is 0 Å². The predicted molar refractivity (Wildman–Crippen MR) is 217 cm³/mol. The lowest BCUT2D eigenvalue weighted by Gasteiger charge is -2.20. The lowest BCUT2D eigenvalue weighted by molar-refractivity contribution is -0.161. The van der Waals surface area contributed by atoms with Gasteiger partial charge in [0.05, 0.1) is 13.2 Å². The molecule has 0 heterocycles. The van der Waals surface area contributed by atoms with Crippen molar-refractivity contribution in [3.63, 3.8) is 0 Å². The van der Waals surface area contributed by atoms with Crippen molar-refractivity contribution < 1.29 is 47.5 Å². The summed E-state index contributed by atoms with van der Waals surface area (Å²) in [6.07, 6.45) is 43.7. The van der Waals surface area contributed by atoms with Crippen LogP contribution in [-0.2, 0) is 37.5 Å². The topological polar surface area (TPSA) is 172 Å². The highest BCUT2D eigenvalue weighted by atomic mass is 31.2. The molecule has 12 heteroatoms. The van der Waals surface area contributed by atoms with Gasteiger partial charge < -0.3 is 25.2 Å². The number of esters is 2. The van der Waals surface area contributed by atoms with Crippen molar-refractivity contribution in [2.45, 2.75) is 142 Å². The summed E-state index contributed by atoms with van der Waals surface area (Å²) in [5.41, 5.74) is 5.31. The van der Waals surface area contributed by atoms with Gasteiger partial charge in [-0.2, -0.15) is 0 Å². The molecule has 1 unspecified atom stereocenters. The number of carbonyl (C=O) groups excluding carboxylic acids is 2. The van der Waals surface area contributed by atoms with Gasteiger partial charge >= 0.3 is 25.7 Å². The van der Waals surface area contributed by atoms with Crippen molar-refractivity contribution in [2.75, 3.05) is 19.8 Å². The molecule has 0 bridgehead atoms. The number of hydrogen-bond donors (Lipinski definition) is 3. The van der Waals surface area contributed by atoms with E-state index in [9.17, 15) is 23.8 Å². The fraction of sp³-hybridized carbons (Fsp3) is 0.595. The van der Waals surface area contributed by atoms with Crippen LogP contribution in [0, 0.1) is 0 Å². The Balaban J connectivity index is 4.59. The first-order valence-electron chi connectivity index (χ1n) is 19.6. The van der Waals surface area contributed by atoms with Crippen LogP contribution in [-0.4, -0.2) is 59.9 Å². The second-order valence-electron chi connectivity index (χ2n) is 12.7. The average molecular weight is 778 g/mol. The van der Waals surface area contributed by atoms with E-state index in [0.29, 0.717) is 12.8 Å². The van der Waals surface area contributed by atoms with E-state index in [4.69, 9.17) is 24.8 Å². The third kappa shape index (κ3) is 35.7. The maximum atomic E-state index is 12.6. The highest BCUT2D eigenvalue weighted by Gasteiger charge is 2.28. The molecular weight excluding hydrogens is 709 g/mol. The van der Waals surface area contributed by atoms with Gasteiger partial charge in [0.15, 0.2) is 6.10 Å². The largest absolute Gasteiger partial charge is 0.480 e. The van der Waals surface area contributed by atoms with Gasteiger partial charge in [0.25, 0.3) is 0 Å². The zero-order chi connectivity index (χ0) is 40.0. The highest BCUT2D eigenvalue weighted by Crippen LogP contribution is 2.43. The minimum Gasteiger partial charge on any atom is -0.480 e. The van der Waals surface area contributed by atoms with Gasteiger partial charge in [-0.15, -0.1) is 0 Å². The number of ether oxygens (including phenoxy) is 2. The molecule has 11 nitrogen and oxygen atoms in total. The molecule has 0 aliphatic rings. The van der Waals surface area contributed by atoms with Crippen LogP contribution in [0.25, 0.3) is 0 Å². The number of aliphatic carboxylic acids is 1. The lowest BCUT2D eigenvalue weighted by Crippen LogP contribution is -2.34. The summed E-state index contributed by atoms with van der Waals surface area (Å²) in [6, 6.07) is -1.54. The molecule has 4 N–H and O–H groups in total. The molecule has 0 saturated carbocycles. The Morgan fingerprint density at radius 2 is 1.02 bits per heavy atom. The Morgan fingerprint density at radius 1 is 0.593 bits per heavy atom. The van der Waals surface area contributed by atoms with E-state index in [-0.39, 0.29) is 19.4 Å². The van der Waals surface area contributed by atoms with Crippen molar-refractivity contribution in [3.05, 3.63) is 85.1 Å². The number of phosphoric ester groups is 1. The first kappa shape index (κ1) is 50.7. The normalized spacial score (nSPS) is 14.7. The summed E-state index contributed by atoms with van der Waals surface area (Å²) < 4.78 is 32.5. The van der Waals surface area contributed by atoms with Gasteiger partial charge in [0.2, 0.25) is 0 Å². The van der Waals surface area contributed by atoms with Gasteiger partial charge in [-0.25, -0.2) is 4.57 Å². The standard InChI is InChI=1S/C42H68NO10P/c1-3-5-7-9-11-13-15-17-19-21-23-25-27-29-31-33-40(44)50-35-38(36-51-54(48,49)52-37-39(43)42(46)47)53-41(45)34-32-30-28-26-24-22-20-18-16-14-12-10-8-6-4-2/h6,8,11-14,17-20,23-26,38-39H,3-5,7,9-10,15-16,21-22,27-37,43H2,1-2H3,(H,46,47)(H,48,49)/b8-6+,13-11+,14-12+,19-17+,20-18+,25-23+,26-24+/t38-,39+/m1/s1. The third-order valence-electron chi connectivity index (χ3n) is 7.63. The number of nitrogens with two attached hydrogens (primary N) is 1. The summed E-state index contributed by atoms with van der Waals surface area (Å²) in [6.45, 7) is 2.54. The third-order valence-corrected chi connectivity index (χ3v) is 8.58. The van der Waals surface area contributed by atoms with Gasteiger partial charge in [-0.05, 0) is 89.9 Å². The first-order chi connectivity index (χ1) is 26.1. The predicted octanol–water partition coefficient (Wildman–Crippen LogP) is 9.94. The van der Waals surface area contributed by atoms with E-state index < -0.39 is 51.1 Å². The Hall–Kier alpha value is -3.34. The van der Waals surface area contributed by atoms with Crippen LogP contribution in [0.15, 0.2) is 85.1 Å². The number of allylic oxidation sites excluding steroid dienone is 14. The van der Waals surface area contributed by atoms with Crippen LogP contribution in [0.1, 0.15) is 129 Å². The first-order valence-corrected chi connectivity index (χ1v) is 21.1. The number of unbranched alkanes of at least 4 members (excludes halogenated alkanes) is 7. The van der Waals surface area contributed by atoms with Crippen LogP contribution < -0.4 is 5.73 Å². The van der Waals surface area contributed by atoms with Crippen LogP contribution in [0.4, 0.5) is 0 Å². The van der Waals surface area contributed by atoms with E-state index in [2.05, 4.69) is 103 Å². The summed E-state index contributed by atoms with van der Waals surface area (Å²) in [5.74, 6) is -2.50. The molecule has 0 amide bonds. The van der Waals surface area contributed by atoms with E-state index >= 15 is 0 Å². The fourth-order valence-corrected chi connectivity index (χ4v) is 5.31. The maximum absolute atomic E-state index is 12.6. The van der Waals surface area contributed by atoms with Gasteiger partial charge in [-0.3, -0.25) is 23.4 Å². The Labute approximate surface area is 324 Å². The van der Waals surface area contributed by atoms with Crippen LogP contribution in [0.2, 0.25) is 0 Å². The molecule has 0 spiro atoms. The molecule has 3 atom stereocenters. The second-order valence-corrected chi connectivity index (χ2v) is 14.1. The molecule has 0 aromatic rings. The van der Waals surface area contributed by atoms with Gasteiger partial charge in [0, 0.05) is 12.8 Å². The zero-order valence-corrected chi connectivity index (χ0v) is 33.7. The SMILES string of the molecule is CC/C=C/C/C=C/C/C=C/C/C=C/CCCCC(=O)O[C@H](COC(=O)CCCC/C=C/C/C=C/C/C=C/CCCCC)COP(=O)(O)OC[C@H](N)C(=O)O. The quantitative estimate of drug-likeness (QED) is 0.0242. The number of carboxylic acids is 1. The summed E-state index contributed by atoms with van der Waals surface area (Å²) >= 11 is 0. The van der Waals surface area contributed by atoms with Crippen molar-refractivity contribution in [1.29, 1.82) is 0 Å². The molecule has 0 aliphatic heterocycles. The van der Waals surface area contributed by atoms with E-state index in [1.54, 1.807) is 0 Å². The highest BCUT2D eigenvalue weighted by molar-refractivity contribution is 7.47. The van der Waals surface area contributed by atoms with Crippen LogP contribution in [0.5, 0.6) is 0 Å². The Bertz CT molecular complexity index is 1240. The molecule has 54 heavy (non-hydrogen) atoms. The summed E-state index contributed by atoms with van der Waals surface area (Å²) in [5, 5.41) is 8.87. The summed E-state index contributed by atoms with van der Waals surface area (Å²) in [4.78, 5) is 45.8. The monoisotopic (exact) mass is 777 g/mol. The van der Waals surface area contributed by atoms with E-state index in [1.165, 1.54) is 19.3 Å². The molecule has 0 fully saturated rings. The van der Waals surface area contributed by atoms with Crippen molar-refractivity contribution in [2.24, 2.45) is 5.73 Å². The molecule has 0 saturated heterocycles. The molecule has 0 radical (unpaired) electrons. The van der Waals surface area contributed by atoms with Crippen LogP contribution >= 0.6 is 7.82 Å². The summed E-state index contributed by atoms with van der Waals surface area (Å²) in [7, 11) is -4.74. The maximum Gasteiger partial charge on any atom is 0.472 e. The molecule has 306 valence electrons. The number of phosphoric acid groups is 1. The fourth-order valence-electron chi connectivity index (χ4n) is 4.53. The number of hydrogen-bond acceptors (Lipinski definition) is 9. The smallest absolute Gasteiger partial charge is 0.472 e. The lowest BCUT2D eigenvalue weighted by atomic mass is 10.1. The molecular formula is C42H68NO10P. The Morgan fingerprint density at radius 3 is 1.48 bits per heavy atom. The van der Waals surface area contributed by atoms with E-state index in [0.717, 1.165) is 70.6 Å². The van der Waals surface area contributed by atoms with Crippen molar-refractivity contribution in [3.8, 4) is 0 Å². The van der Waals surface area contributed by atoms with Gasteiger partial charge in [-0.1, -0.05) is 112 Å².